The summed E-state index contributed by atoms with van der Waals surface area (Å²) >= 11 is 0. The van der Waals surface area contributed by atoms with Crippen LogP contribution in [0.2, 0.25) is 0 Å². The van der Waals surface area contributed by atoms with E-state index in [1.54, 1.807) is 0 Å². The highest BCUT2D eigenvalue weighted by Crippen LogP contribution is 2.31. The molecule has 2 aromatic rings. The molecule has 0 fully saturated rings. The standard InChI is InChI=1S/C18H25N3/c1-5-15-12-21-16(10-11-19-17(21)20-15)13-6-8-14(9-7-13)18(2,3)4/h6-9,12,16H,5,10-11H2,1-4H3,(H,19,20). The second-order valence-electron chi connectivity index (χ2n) is 6.92. The van der Waals surface area contributed by atoms with E-state index in [1.165, 1.54) is 11.1 Å². The fourth-order valence-electron chi connectivity index (χ4n) is 2.98. The lowest BCUT2D eigenvalue weighted by molar-refractivity contribution is 0.528. The monoisotopic (exact) mass is 283 g/mol. The molecular weight excluding hydrogens is 258 g/mol. The molecule has 0 bridgehead atoms. The molecule has 112 valence electrons. The number of nitrogens with one attached hydrogen (secondary N) is 1. The van der Waals surface area contributed by atoms with Gasteiger partial charge >= 0.3 is 0 Å². The van der Waals surface area contributed by atoms with Crippen LogP contribution in [0.25, 0.3) is 0 Å². The number of rotatable bonds is 2. The molecule has 3 rings (SSSR count). The van der Waals surface area contributed by atoms with Gasteiger partial charge in [-0.05, 0) is 29.4 Å². The van der Waals surface area contributed by atoms with Crippen LogP contribution in [0.1, 0.15) is 57.0 Å². The van der Waals surface area contributed by atoms with Crippen molar-refractivity contribution >= 4 is 5.95 Å². The van der Waals surface area contributed by atoms with Crippen molar-refractivity contribution in [1.82, 2.24) is 9.55 Å². The van der Waals surface area contributed by atoms with Gasteiger partial charge < -0.3 is 9.88 Å². The summed E-state index contributed by atoms with van der Waals surface area (Å²) in [6.45, 7) is 9.92. The Hall–Kier alpha value is -1.77. The van der Waals surface area contributed by atoms with Gasteiger partial charge in [0.05, 0.1) is 11.7 Å². The maximum absolute atomic E-state index is 4.65. The average molecular weight is 283 g/mol. The normalized spacial score (nSPS) is 18.2. The quantitative estimate of drug-likeness (QED) is 0.897. The van der Waals surface area contributed by atoms with Gasteiger partial charge in [-0.2, -0.15) is 0 Å². The van der Waals surface area contributed by atoms with Gasteiger partial charge in [0, 0.05) is 12.7 Å². The fraction of sp³-hybridized carbons (Fsp3) is 0.500. The summed E-state index contributed by atoms with van der Waals surface area (Å²) < 4.78 is 2.30. The molecule has 21 heavy (non-hydrogen) atoms. The first kappa shape index (κ1) is 14.2. The molecule has 2 heterocycles. The summed E-state index contributed by atoms with van der Waals surface area (Å²) in [6, 6.07) is 9.52. The summed E-state index contributed by atoms with van der Waals surface area (Å²) in [4.78, 5) is 4.65. The van der Waals surface area contributed by atoms with Crippen molar-refractivity contribution in [2.75, 3.05) is 11.9 Å². The molecule has 1 aromatic heterocycles. The van der Waals surface area contributed by atoms with E-state index < -0.39 is 0 Å². The zero-order chi connectivity index (χ0) is 15.0. The van der Waals surface area contributed by atoms with Crippen molar-refractivity contribution in [3.63, 3.8) is 0 Å². The van der Waals surface area contributed by atoms with Gasteiger partial charge in [0.25, 0.3) is 0 Å². The zero-order valence-electron chi connectivity index (χ0n) is 13.5. The predicted octanol–water partition coefficient (Wildman–Crippen LogP) is 4.15. The molecule has 1 aromatic carbocycles. The largest absolute Gasteiger partial charge is 0.356 e. The maximum atomic E-state index is 4.65. The topological polar surface area (TPSA) is 29.9 Å². The molecule has 0 saturated heterocycles. The molecular formula is C18H25N3. The van der Waals surface area contributed by atoms with E-state index >= 15 is 0 Å². The minimum Gasteiger partial charge on any atom is -0.356 e. The molecule has 0 aliphatic carbocycles. The van der Waals surface area contributed by atoms with Gasteiger partial charge in [0.1, 0.15) is 0 Å². The van der Waals surface area contributed by atoms with E-state index in [0.29, 0.717) is 6.04 Å². The van der Waals surface area contributed by atoms with Crippen LogP contribution in [0.5, 0.6) is 0 Å². The average Bonchev–Trinajstić information content (AvgIpc) is 2.89. The van der Waals surface area contributed by atoms with E-state index in [2.05, 4.69) is 73.0 Å². The predicted molar refractivity (Wildman–Crippen MR) is 88.0 cm³/mol. The van der Waals surface area contributed by atoms with Crippen molar-refractivity contribution in [3.05, 3.63) is 47.3 Å². The van der Waals surface area contributed by atoms with E-state index in [0.717, 1.165) is 31.0 Å². The second-order valence-corrected chi connectivity index (χ2v) is 6.92. The number of nitrogens with zero attached hydrogens (tertiary/aromatic N) is 2. The highest BCUT2D eigenvalue weighted by Gasteiger charge is 2.23. The van der Waals surface area contributed by atoms with Gasteiger partial charge in [-0.1, -0.05) is 52.0 Å². The number of aryl methyl sites for hydroxylation is 1. The summed E-state index contributed by atoms with van der Waals surface area (Å²) in [5.41, 5.74) is 4.14. The van der Waals surface area contributed by atoms with Crippen LogP contribution in [0.4, 0.5) is 5.95 Å². The highest BCUT2D eigenvalue weighted by atomic mass is 15.2. The fourth-order valence-corrected chi connectivity index (χ4v) is 2.98. The van der Waals surface area contributed by atoms with Crippen LogP contribution in [-0.2, 0) is 11.8 Å². The summed E-state index contributed by atoms with van der Waals surface area (Å²) in [5, 5.41) is 3.40. The van der Waals surface area contributed by atoms with E-state index in [9.17, 15) is 0 Å². The third-order valence-electron chi connectivity index (χ3n) is 4.34. The molecule has 1 aliphatic rings. The summed E-state index contributed by atoms with van der Waals surface area (Å²) in [7, 11) is 0. The Morgan fingerprint density at radius 3 is 2.57 bits per heavy atom. The van der Waals surface area contributed by atoms with E-state index in [4.69, 9.17) is 0 Å². The zero-order valence-corrected chi connectivity index (χ0v) is 13.5. The molecule has 0 radical (unpaired) electrons. The van der Waals surface area contributed by atoms with Crippen LogP contribution in [-0.4, -0.2) is 16.1 Å². The molecule has 1 N–H and O–H groups in total. The third-order valence-corrected chi connectivity index (χ3v) is 4.34. The number of fused-ring (bicyclic) bond motifs is 1. The van der Waals surface area contributed by atoms with Crippen molar-refractivity contribution in [2.24, 2.45) is 0 Å². The van der Waals surface area contributed by atoms with Gasteiger partial charge in [-0.25, -0.2) is 4.98 Å². The van der Waals surface area contributed by atoms with Gasteiger partial charge in [-0.15, -0.1) is 0 Å². The van der Waals surface area contributed by atoms with E-state index in [1.807, 2.05) is 0 Å². The minimum absolute atomic E-state index is 0.211. The first-order chi connectivity index (χ1) is 9.99. The number of hydrogen-bond acceptors (Lipinski definition) is 2. The van der Waals surface area contributed by atoms with Crippen LogP contribution in [0.3, 0.4) is 0 Å². The van der Waals surface area contributed by atoms with Crippen molar-refractivity contribution in [3.8, 4) is 0 Å². The number of aromatic nitrogens is 2. The van der Waals surface area contributed by atoms with Gasteiger partial charge in [-0.3, -0.25) is 0 Å². The molecule has 0 amide bonds. The summed E-state index contributed by atoms with van der Waals surface area (Å²) in [5.74, 6) is 1.02. The Morgan fingerprint density at radius 2 is 1.95 bits per heavy atom. The smallest absolute Gasteiger partial charge is 0.203 e. The number of anilines is 1. The molecule has 0 saturated carbocycles. The Balaban J connectivity index is 1.93. The molecule has 3 nitrogen and oxygen atoms in total. The molecule has 1 atom stereocenters. The van der Waals surface area contributed by atoms with Crippen molar-refractivity contribution in [2.45, 2.75) is 52.0 Å². The first-order valence-corrected chi connectivity index (χ1v) is 7.91. The lowest BCUT2D eigenvalue weighted by atomic mass is 9.86. The third kappa shape index (κ3) is 2.69. The molecule has 1 unspecified atom stereocenters. The molecule has 3 heteroatoms. The van der Waals surface area contributed by atoms with Crippen LogP contribution < -0.4 is 5.32 Å². The second kappa shape index (κ2) is 5.21. The number of benzene rings is 1. The number of imidazole rings is 1. The van der Waals surface area contributed by atoms with Crippen LogP contribution in [0, 0.1) is 0 Å². The number of hydrogen-bond donors (Lipinski definition) is 1. The lowest BCUT2D eigenvalue weighted by Crippen LogP contribution is -2.23. The van der Waals surface area contributed by atoms with Crippen LogP contribution in [0.15, 0.2) is 30.5 Å². The Kier molecular flexibility index (Phi) is 3.52. The van der Waals surface area contributed by atoms with Gasteiger partial charge in [0.15, 0.2) is 0 Å². The first-order valence-electron chi connectivity index (χ1n) is 7.91. The van der Waals surface area contributed by atoms with Crippen molar-refractivity contribution < 1.29 is 0 Å². The SMILES string of the molecule is CCc1cn2c(n1)NCCC2c1ccc(C(C)(C)C)cc1. The maximum Gasteiger partial charge on any atom is 0.203 e. The Labute approximate surface area is 127 Å². The van der Waals surface area contributed by atoms with Crippen molar-refractivity contribution in [1.29, 1.82) is 0 Å². The summed E-state index contributed by atoms with van der Waals surface area (Å²) in [6.07, 6.45) is 4.29. The Bertz CT molecular complexity index is 617. The highest BCUT2D eigenvalue weighted by molar-refractivity contribution is 5.37. The van der Waals surface area contributed by atoms with Gasteiger partial charge in [0.2, 0.25) is 5.95 Å². The molecule has 0 spiro atoms. The Morgan fingerprint density at radius 1 is 1.24 bits per heavy atom. The van der Waals surface area contributed by atoms with Crippen LogP contribution >= 0.6 is 0 Å². The molecule has 1 aliphatic heterocycles. The van der Waals surface area contributed by atoms with E-state index in [-0.39, 0.29) is 5.41 Å². The minimum atomic E-state index is 0.211. The lowest BCUT2D eigenvalue weighted by Gasteiger charge is -2.27.